The van der Waals surface area contributed by atoms with E-state index >= 15 is 0 Å². The molecular weight excluding hydrogens is 440 g/mol. The number of hydrogen-bond donors (Lipinski definition) is 1. The number of ether oxygens (including phenoxy) is 4. The number of methoxy groups -OCH3 is 2. The molecule has 12 heteroatoms. The van der Waals surface area contributed by atoms with Crippen molar-refractivity contribution in [2.45, 2.75) is 26.5 Å². The molecule has 0 saturated heterocycles. The number of anilines is 2. The van der Waals surface area contributed by atoms with Crippen molar-refractivity contribution < 1.29 is 32.5 Å². The fraction of sp³-hybridized carbons (Fsp3) is 0.333. The van der Waals surface area contributed by atoms with Crippen LogP contribution < -0.4 is 19.5 Å². The van der Waals surface area contributed by atoms with Crippen molar-refractivity contribution in [3.8, 4) is 17.2 Å². The topological polar surface area (TPSA) is 110 Å². The quantitative estimate of drug-likeness (QED) is 0.452. The number of carbonyl (C=O) groups excluding carboxylic acids is 1. The number of benzene rings is 1. The van der Waals surface area contributed by atoms with E-state index in [1.54, 1.807) is 20.0 Å². The Morgan fingerprint density at radius 2 is 1.76 bits per heavy atom. The van der Waals surface area contributed by atoms with Crippen molar-refractivity contribution in [2.24, 2.45) is 0 Å². The van der Waals surface area contributed by atoms with Crippen molar-refractivity contribution in [3.63, 3.8) is 0 Å². The van der Waals surface area contributed by atoms with Gasteiger partial charge < -0.3 is 24.3 Å². The number of nitrogens with one attached hydrogen (secondary N) is 1. The third-order valence-corrected chi connectivity index (χ3v) is 4.56. The number of esters is 1. The highest BCUT2D eigenvalue weighted by Crippen LogP contribution is 2.32. The lowest BCUT2D eigenvalue weighted by molar-refractivity contribution is -0.146. The lowest BCUT2D eigenvalue weighted by Crippen LogP contribution is -2.19. The SMILES string of the molecule is CCOC(=O)C(C)n1cc(Nc2ncc(OCc3c(F)c(OC)cc(OC)c3F)cn2)cn1. The number of rotatable bonds is 10. The van der Waals surface area contributed by atoms with Gasteiger partial charge in [-0.25, -0.2) is 23.5 Å². The summed E-state index contributed by atoms with van der Waals surface area (Å²) in [5.74, 6) is -2.08. The fourth-order valence-corrected chi connectivity index (χ4v) is 2.79. The van der Waals surface area contributed by atoms with E-state index in [0.29, 0.717) is 5.69 Å². The van der Waals surface area contributed by atoms with Crippen molar-refractivity contribution in [1.82, 2.24) is 19.7 Å². The Labute approximate surface area is 188 Å². The third-order valence-electron chi connectivity index (χ3n) is 4.56. The molecule has 3 rings (SSSR count). The molecule has 0 aliphatic rings. The predicted molar refractivity (Wildman–Crippen MR) is 113 cm³/mol. The summed E-state index contributed by atoms with van der Waals surface area (Å²) in [6.45, 7) is 3.25. The largest absolute Gasteiger partial charge is 0.494 e. The third kappa shape index (κ3) is 5.45. The Kier molecular flexibility index (Phi) is 7.59. The summed E-state index contributed by atoms with van der Waals surface area (Å²) in [4.78, 5) is 20.0. The Morgan fingerprint density at radius 1 is 1.12 bits per heavy atom. The van der Waals surface area contributed by atoms with Gasteiger partial charge in [0.05, 0.1) is 50.7 Å². The first-order chi connectivity index (χ1) is 15.9. The highest BCUT2D eigenvalue weighted by molar-refractivity contribution is 5.73. The van der Waals surface area contributed by atoms with Crippen LogP contribution in [0.3, 0.4) is 0 Å². The van der Waals surface area contributed by atoms with Crippen LogP contribution in [0.1, 0.15) is 25.5 Å². The molecule has 2 aromatic heterocycles. The van der Waals surface area contributed by atoms with Crippen molar-refractivity contribution in [1.29, 1.82) is 0 Å². The molecule has 0 spiro atoms. The first-order valence-corrected chi connectivity index (χ1v) is 9.89. The molecule has 1 unspecified atom stereocenters. The van der Waals surface area contributed by atoms with E-state index in [1.807, 2.05) is 0 Å². The molecule has 1 aromatic carbocycles. The summed E-state index contributed by atoms with van der Waals surface area (Å²) in [6.07, 6.45) is 5.80. The maximum absolute atomic E-state index is 14.4. The first kappa shape index (κ1) is 23.7. The molecule has 0 aliphatic heterocycles. The first-order valence-electron chi connectivity index (χ1n) is 9.89. The zero-order valence-electron chi connectivity index (χ0n) is 18.5. The minimum atomic E-state index is -0.885. The number of aromatic nitrogens is 4. The molecule has 0 radical (unpaired) electrons. The van der Waals surface area contributed by atoms with Crippen LogP contribution in [0.4, 0.5) is 20.4 Å². The van der Waals surface area contributed by atoms with Crippen LogP contribution in [0.5, 0.6) is 17.2 Å². The van der Waals surface area contributed by atoms with E-state index in [9.17, 15) is 13.6 Å². The molecule has 2 heterocycles. The maximum atomic E-state index is 14.4. The van der Waals surface area contributed by atoms with Gasteiger partial charge in [0, 0.05) is 12.3 Å². The van der Waals surface area contributed by atoms with Crippen LogP contribution >= 0.6 is 0 Å². The average molecular weight is 463 g/mol. The van der Waals surface area contributed by atoms with Gasteiger partial charge in [-0.2, -0.15) is 5.10 Å². The van der Waals surface area contributed by atoms with Gasteiger partial charge in [0.1, 0.15) is 12.6 Å². The second-order valence-electron chi connectivity index (χ2n) is 6.68. The predicted octanol–water partition coefficient (Wildman–Crippen LogP) is 3.42. The highest BCUT2D eigenvalue weighted by Gasteiger charge is 2.21. The van der Waals surface area contributed by atoms with Crippen molar-refractivity contribution in [2.75, 3.05) is 26.1 Å². The molecule has 1 atom stereocenters. The van der Waals surface area contributed by atoms with Gasteiger partial charge in [0.15, 0.2) is 28.9 Å². The summed E-state index contributed by atoms with van der Waals surface area (Å²) in [5, 5.41) is 7.06. The van der Waals surface area contributed by atoms with E-state index in [0.717, 1.165) is 6.07 Å². The summed E-state index contributed by atoms with van der Waals surface area (Å²) >= 11 is 0. The number of halogens is 2. The molecule has 0 bridgehead atoms. The smallest absolute Gasteiger partial charge is 0.330 e. The van der Waals surface area contributed by atoms with Gasteiger partial charge in [-0.1, -0.05) is 0 Å². The maximum Gasteiger partial charge on any atom is 0.330 e. The van der Waals surface area contributed by atoms with Gasteiger partial charge in [-0.3, -0.25) is 4.68 Å². The Morgan fingerprint density at radius 3 is 2.33 bits per heavy atom. The molecule has 0 fully saturated rings. The average Bonchev–Trinajstić information content (AvgIpc) is 3.28. The molecule has 1 N–H and O–H groups in total. The molecule has 0 aliphatic carbocycles. The lowest BCUT2D eigenvalue weighted by atomic mass is 10.1. The Balaban J connectivity index is 1.65. The van der Waals surface area contributed by atoms with Crippen molar-refractivity contribution in [3.05, 3.63) is 48.1 Å². The van der Waals surface area contributed by atoms with Crippen LogP contribution in [0.2, 0.25) is 0 Å². The van der Waals surface area contributed by atoms with Crippen LogP contribution in [0, 0.1) is 11.6 Å². The van der Waals surface area contributed by atoms with Crippen LogP contribution in [0.25, 0.3) is 0 Å². The molecule has 0 amide bonds. The molecular formula is C21H23F2N5O5. The van der Waals surface area contributed by atoms with Gasteiger partial charge in [0.25, 0.3) is 0 Å². The Hall–Kier alpha value is -3.96. The van der Waals surface area contributed by atoms with Gasteiger partial charge >= 0.3 is 5.97 Å². The molecule has 33 heavy (non-hydrogen) atoms. The summed E-state index contributed by atoms with van der Waals surface area (Å²) in [6, 6.07) is 0.529. The van der Waals surface area contributed by atoms with E-state index < -0.39 is 30.3 Å². The molecule has 3 aromatic rings. The normalized spacial score (nSPS) is 11.6. The zero-order valence-corrected chi connectivity index (χ0v) is 18.5. The summed E-state index contributed by atoms with van der Waals surface area (Å²) in [7, 11) is 2.53. The molecule has 10 nitrogen and oxygen atoms in total. The van der Waals surface area contributed by atoms with Crippen LogP contribution in [0.15, 0.2) is 30.9 Å². The number of hydrogen-bond acceptors (Lipinski definition) is 9. The minimum absolute atomic E-state index is 0.166. The fourth-order valence-electron chi connectivity index (χ4n) is 2.79. The lowest BCUT2D eigenvalue weighted by Gasteiger charge is -2.13. The summed E-state index contributed by atoms with van der Waals surface area (Å²) in [5.41, 5.74) is 0.198. The van der Waals surface area contributed by atoms with E-state index in [4.69, 9.17) is 18.9 Å². The monoisotopic (exact) mass is 463 g/mol. The van der Waals surface area contributed by atoms with Crippen molar-refractivity contribution >= 4 is 17.6 Å². The highest BCUT2D eigenvalue weighted by atomic mass is 19.1. The number of nitrogens with zero attached hydrogens (tertiary/aromatic N) is 4. The molecule has 176 valence electrons. The van der Waals surface area contributed by atoms with E-state index in [1.165, 1.54) is 37.5 Å². The van der Waals surface area contributed by atoms with E-state index in [2.05, 4.69) is 20.4 Å². The van der Waals surface area contributed by atoms with E-state index in [-0.39, 0.29) is 35.4 Å². The van der Waals surface area contributed by atoms with Crippen LogP contribution in [-0.2, 0) is 16.1 Å². The second-order valence-corrected chi connectivity index (χ2v) is 6.68. The van der Waals surface area contributed by atoms with Gasteiger partial charge in [0.2, 0.25) is 5.95 Å². The zero-order chi connectivity index (χ0) is 24.0. The van der Waals surface area contributed by atoms with Gasteiger partial charge in [-0.05, 0) is 13.8 Å². The second kappa shape index (κ2) is 10.6. The summed E-state index contributed by atoms with van der Waals surface area (Å²) < 4.78 is 50.5. The minimum Gasteiger partial charge on any atom is -0.494 e. The number of carbonyl (C=O) groups is 1. The standard InChI is InChI=1S/C21H23F2N5O5/c1-5-32-20(29)12(2)28-10-13(7-26-28)27-21-24-8-14(9-25-21)33-11-15-18(22)16(30-3)6-17(31-4)19(15)23/h6-10,12H,5,11H2,1-4H3,(H,24,25,27). The van der Waals surface area contributed by atoms with Gasteiger partial charge in [-0.15, -0.1) is 0 Å². The molecule has 0 saturated carbocycles. The Bertz CT molecular complexity index is 1080. The van der Waals surface area contributed by atoms with Crippen LogP contribution in [-0.4, -0.2) is 46.5 Å².